The van der Waals surface area contributed by atoms with Crippen molar-refractivity contribution in [3.05, 3.63) is 66.8 Å². The number of anilines is 1. The summed E-state index contributed by atoms with van der Waals surface area (Å²) in [7, 11) is 0. The van der Waals surface area contributed by atoms with Crippen molar-refractivity contribution in [2.75, 3.05) is 11.9 Å². The van der Waals surface area contributed by atoms with E-state index in [2.05, 4.69) is 23.5 Å². The zero-order chi connectivity index (χ0) is 16.1. The highest BCUT2D eigenvalue weighted by Gasteiger charge is 2.36. The minimum absolute atomic E-state index is 0.236. The Labute approximate surface area is 130 Å². The number of nitrogens with zero attached hydrogens (tertiary/aromatic N) is 1. The summed E-state index contributed by atoms with van der Waals surface area (Å²) < 4.78 is 0. The topological polar surface area (TPSA) is 61.7 Å². The Morgan fingerprint density at radius 1 is 1.41 bits per heavy atom. The van der Waals surface area contributed by atoms with Gasteiger partial charge in [0.05, 0.1) is 12.6 Å². The minimum atomic E-state index is -0.885. The predicted octanol–water partition coefficient (Wildman–Crippen LogP) is 3.05. The molecule has 1 aromatic carbocycles. The van der Waals surface area contributed by atoms with Gasteiger partial charge in [0.2, 0.25) is 5.91 Å². The Balaban J connectivity index is 2.24. The van der Waals surface area contributed by atoms with Crippen molar-refractivity contribution in [1.29, 1.82) is 0 Å². The van der Waals surface area contributed by atoms with Crippen molar-refractivity contribution in [1.82, 2.24) is 0 Å². The number of aliphatic imine (C=N–C) groups is 1. The van der Waals surface area contributed by atoms with Gasteiger partial charge in [-0.15, -0.1) is 0 Å². The fraction of sp³-hybridized carbons (Fsp3) is 0.222. The van der Waals surface area contributed by atoms with Crippen molar-refractivity contribution >= 4 is 17.3 Å². The van der Waals surface area contributed by atoms with Gasteiger partial charge in [-0.3, -0.25) is 9.79 Å². The van der Waals surface area contributed by atoms with Crippen LogP contribution < -0.4 is 5.32 Å². The van der Waals surface area contributed by atoms with Crippen LogP contribution >= 0.6 is 0 Å². The molecule has 2 atom stereocenters. The molecule has 2 unspecified atom stereocenters. The molecule has 0 saturated carbocycles. The molecule has 1 aliphatic rings. The lowest BCUT2D eigenvalue weighted by molar-refractivity contribution is -0.121. The summed E-state index contributed by atoms with van der Waals surface area (Å²) in [5.74, 6) is -0.912. The van der Waals surface area contributed by atoms with E-state index >= 15 is 0 Å². The highest BCUT2D eigenvalue weighted by molar-refractivity contribution is 6.11. The molecule has 0 aliphatic carbocycles. The van der Waals surface area contributed by atoms with Crippen molar-refractivity contribution in [3.8, 4) is 0 Å². The number of benzene rings is 1. The molecular formula is C18H20N2O2. The average molecular weight is 296 g/mol. The smallest absolute Gasteiger partial charge is 0.236 e. The summed E-state index contributed by atoms with van der Waals surface area (Å²) in [5.41, 5.74) is 2.87. The first-order valence-electron chi connectivity index (χ1n) is 7.11. The van der Waals surface area contributed by atoms with Crippen LogP contribution in [-0.4, -0.2) is 23.3 Å². The Morgan fingerprint density at radius 2 is 2.14 bits per heavy atom. The van der Waals surface area contributed by atoms with Crippen molar-refractivity contribution in [2.45, 2.75) is 13.0 Å². The molecule has 0 spiro atoms. The number of rotatable bonds is 5. The number of nitrogens with one attached hydrogen (secondary N) is 1. The van der Waals surface area contributed by atoms with Crippen molar-refractivity contribution in [3.63, 3.8) is 0 Å². The van der Waals surface area contributed by atoms with E-state index in [1.54, 1.807) is 25.1 Å². The van der Waals surface area contributed by atoms with E-state index in [9.17, 15) is 9.90 Å². The van der Waals surface area contributed by atoms with Gasteiger partial charge in [-0.05, 0) is 18.6 Å². The Kier molecular flexibility index (Phi) is 5.07. The second-order valence-corrected chi connectivity index (χ2v) is 5.14. The van der Waals surface area contributed by atoms with Crippen LogP contribution in [0.5, 0.6) is 0 Å². The molecule has 22 heavy (non-hydrogen) atoms. The first-order chi connectivity index (χ1) is 10.6. The van der Waals surface area contributed by atoms with Crippen molar-refractivity contribution in [2.24, 2.45) is 10.9 Å². The second-order valence-electron chi connectivity index (χ2n) is 5.14. The van der Waals surface area contributed by atoms with E-state index in [0.717, 1.165) is 5.57 Å². The van der Waals surface area contributed by atoms with E-state index in [-0.39, 0.29) is 5.91 Å². The molecule has 1 aliphatic heterocycles. The lowest BCUT2D eigenvalue weighted by atomic mass is 9.87. The van der Waals surface area contributed by atoms with Gasteiger partial charge in [-0.2, -0.15) is 0 Å². The number of aliphatic hydroxyl groups excluding tert-OH is 1. The van der Waals surface area contributed by atoms with E-state index < -0.39 is 12.0 Å². The van der Waals surface area contributed by atoms with Gasteiger partial charge >= 0.3 is 0 Å². The van der Waals surface area contributed by atoms with Gasteiger partial charge in [0.25, 0.3) is 0 Å². The summed E-state index contributed by atoms with van der Waals surface area (Å²) in [6.45, 7) is 9.52. The number of allylic oxidation sites excluding steroid dienone is 2. The van der Waals surface area contributed by atoms with Gasteiger partial charge in [0.15, 0.2) is 0 Å². The standard InChI is InChI=1S/C18H20N2O2/c1-4-8-13(5-2)11-19-12(3)16-17(21)14-9-6-7-10-15(14)20-18(16)22/h4-10,16-17,21H,1-2,11H2,3H3,(H,20,22)/b13-8+,19-12?. The SMILES string of the molecule is C=C/C=C(\C=C)CN=C(C)C1C(=O)Nc2ccccc2C1O. The molecule has 4 heteroatoms. The Hall–Kier alpha value is -2.46. The summed E-state index contributed by atoms with van der Waals surface area (Å²) in [6, 6.07) is 7.25. The maximum atomic E-state index is 12.2. The van der Waals surface area contributed by atoms with Crippen molar-refractivity contribution < 1.29 is 9.90 Å². The van der Waals surface area contributed by atoms with Crippen LogP contribution in [0, 0.1) is 5.92 Å². The lowest BCUT2D eigenvalue weighted by Gasteiger charge is -2.29. The summed E-state index contributed by atoms with van der Waals surface area (Å²) in [6.07, 6.45) is 4.30. The van der Waals surface area contributed by atoms with Gasteiger partial charge in [0.1, 0.15) is 5.92 Å². The number of hydrogen-bond acceptors (Lipinski definition) is 3. The van der Waals surface area contributed by atoms with E-state index in [4.69, 9.17) is 0 Å². The van der Waals surface area contributed by atoms with Crippen LogP contribution in [0.2, 0.25) is 0 Å². The van der Waals surface area contributed by atoms with Crippen LogP contribution in [0.1, 0.15) is 18.6 Å². The maximum Gasteiger partial charge on any atom is 0.236 e. The summed E-state index contributed by atoms with van der Waals surface area (Å²) >= 11 is 0. The maximum absolute atomic E-state index is 12.2. The molecule has 1 amide bonds. The number of hydrogen-bond donors (Lipinski definition) is 2. The van der Waals surface area contributed by atoms with Crippen LogP contribution in [-0.2, 0) is 4.79 Å². The van der Waals surface area contributed by atoms with Crippen LogP contribution in [0.25, 0.3) is 0 Å². The molecule has 0 aromatic heterocycles. The third kappa shape index (κ3) is 3.23. The number of amides is 1. The fourth-order valence-corrected chi connectivity index (χ4v) is 2.47. The molecular weight excluding hydrogens is 276 g/mol. The van der Waals surface area contributed by atoms with Gasteiger partial charge in [0, 0.05) is 17.0 Å². The first kappa shape index (κ1) is 15.9. The van der Waals surface area contributed by atoms with Gasteiger partial charge in [-0.25, -0.2) is 0 Å². The van der Waals surface area contributed by atoms with Crippen LogP contribution in [0.4, 0.5) is 5.69 Å². The van der Waals surface area contributed by atoms with E-state index in [0.29, 0.717) is 23.5 Å². The second kappa shape index (κ2) is 7.00. The zero-order valence-electron chi connectivity index (χ0n) is 12.6. The fourth-order valence-electron chi connectivity index (χ4n) is 2.47. The van der Waals surface area contributed by atoms with Crippen LogP contribution in [0.15, 0.2) is 66.2 Å². The normalized spacial score (nSPS) is 21.8. The third-order valence-corrected chi connectivity index (χ3v) is 3.69. The van der Waals surface area contributed by atoms with Gasteiger partial charge in [-0.1, -0.05) is 49.6 Å². The molecule has 1 aromatic rings. The number of para-hydroxylation sites is 1. The quantitative estimate of drug-likeness (QED) is 0.648. The monoisotopic (exact) mass is 296 g/mol. The first-order valence-corrected chi connectivity index (χ1v) is 7.11. The predicted molar refractivity (Wildman–Crippen MR) is 90.0 cm³/mol. The summed E-state index contributed by atoms with van der Waals surface area (Å²) in [4.78, 5) is 16.7. The minimum Gasteiger partial charge on any atom is -0.387 e. The van der Waals surface area contributed by atoms with E-state index in [1.165, 1.54) is 0 Å². The molecule has 0 saturated heterocycles. The number of carbonyl (C=O) groups excluding carboxylic acids is 1. The Morgan fingerprint density at radius 3 is 2.82 bits per heavy atom. The number of carbonyl (C=O) groups is 1. The Bertz CT molecular complexity index is 659. The van der Waals surface area contributed by atoms with Gasteiger partial charge < -0.3 is 10.4 Å². The third-order valence-electron chi connectivity index (χ3n) is 3.69. The molecule has 0 radical (unpaired) electrons. The molecule has 0 bridgehead atoms. The molecule has 0 fully saturated rings. The highest BCUT2D eigenvalue weighted by atomic mass is 16.3. The summed E-state index contributed by atoms with van der Waals surface area (Å²) in [5, 5.41) is 13.3. The average Bonchev–Trinajstić information content (AvgIpc) is 2.51. The zero-order valence-corrected chi connectivity index (χ0v) is 12.6. The van der Waals surface area contributed by atoms with Crippen LogP contribution in [0.3, 0.4) is 0 Å². The molecule has 4 nitrogen and oxygen atoms in total. The molecule has 1 heterocycles. The largest absolute Gasteiger partial charge is 0.387 e. The number of fused-ring (bicyclic) bond motifs is 1. The molecule has 2 rings (SSSR count). The number of aliphatic hydroxyl groups is 1. The molecule has 2 N–H and O–H groups in total. The highest BCUT2D eigenvalue weighted by Crippen LogP contribution is 2.34. The van der Waals surface area contributed by atoms with E-state index in [1.807, 2.05) is 24.3 Å². The lowest BCUT2D eigenvalue weighted by Crippen LogP contribution is -2.38. The molecule has 114 valence electrons.